The summed E-state index contributed by atoms with van der Waals surface area (Å²) in [5.74, 6) is -0.187. The number of aliphatic hydroxyl groups is 1. The first-order valence-electron chi connectivity index (χ1n) is 36.6. The fraction of sp³-hybridized carbons (Fsp3) is 0.958. The number of allylic oxidation sites excluding steroid dienone is 1. The first-order valence-corrected chi connectivity index (χ1v) is 38.0. The van der Waals surface area contributed by atoms with E-state index in [1.54, 1.807) is 6.08 Å². The smallest absolute Gasteiger partial charge is 0.268 e. The van der Waals surface area contributed by atoms with Gasteiger partial charge in [-0.3, -0.25) is 9.36 Å². The highest BCUT2D eigenvalue weighted by atomic mass is 31.2. The monoisotopic (exact) mass is 1170 g/mol. The fourth-order valence-electron chi connectivity index (χ4n) is 11.6. The number of likely N-dealkylation sites (N-methyl/N-ethyl adjacent to an activating group) is 1. The highest BCUT2D eigenvalue weighted by Crippen LogP contribution is 2.38. The van der Waals surface area contributed by atoms with Gasteiger partial charge in [0, 0.05) is 6.42 Å². The second-order valence-electron chi connectivity index (χ2n) is 26.7. The molecule has 0 fully saturated rings. The normalized spacial score (nSPS) is 13.6. The van der Waals surface area contributed by atoms with Gasteiger partial charge in [-0.2, -0.15) is 0 Å². The van der Waals surface area contributed by atoms with Crippen molar-refractivity contribution in [3.8, 4) is 0 Å². The van der Waals surface area contributed by atoms with Crippen LogP contribution in [0.4, 0.5) is 0 Å². The molecule has 0 heterocycles. The van der Waals surface area contributed by atoms with E-state index in [4.69, 9.17) is 9.05 Å². The van der Waals surface area contributed by atoms with Gasteiger partial charge in [0.25, 0.3) is 7.82 Å². The Morgan fingerprint density at radius 2 is 0.667 bits per heavy atom. The number of carbonyl (C=O) groups excluding carboxylic acids is 1. The second kappa shape index (κ2) is 63.7. The largest absolute Gasteiger partial charge is 0.756 e. The zero-order chi connectivity index (χ0) is 59.1. The van der Waals surface area contributed by atoms with Crippen molar-refractivity contribution in [3.05, 3.63) is 12.2 Å². The molecule has 9 heteroatoms. The summed E-state index contributed by atoms with van der Waals surface area (Å²) in [4.78, 5) is 25.6. The molecule has 0 saturated heterocycles. The van der Waals surface area contributed by atoms with Gasteiger partial charge in [-0.1, -0.05) is 379 Å². The summed E-state index contributed by atoms with van der Waals surface area (Å²) >= 11 is 0. The van der Waals surface area contributed by atoms with Crippen LogP contribution in [0, 0.1) is 0 Å². The van der Waals surface area contributed by atoms with Gasteiger partial charge >= 0.3 is 0 Å². The summed E-state index contributed by atoms with van der Waals surface area (Å²) in [7, 11) is 1.29. The molecule has 1 amide bonds. The predicted molar refractivity (Wildman–Crippen MR) is 353 cm³/mol. The van der Waals surface area contributed by atoms with E-state index in [1.807, 2.05) is 27.2 Å². The van der Waals surface area contributed by atoms with Crippen molar-refractivity contribution in [2.24, 2.45) is 0 Å². The van der Waals surface area contributed by atoms with E-state index in [2.05, 4.69) is 19.2 Å². The Morgan fingerprint density at radius 3 is 0.926 bits per heavy atom. The number of amides is 1. The van der Waals surface area contributed by atoms with Crippen LogP contribution < -0.4 is 10.2 Å². The van der Waals surface area contributed by atoms with Gasteiger partial charge < -0.3 is 28.8 Å². The van der Waals surface area contributed by atoms with Crippen LogP contribution in [0.1, 0.15) is 393 Å². The Bertz CT molecular complexity index is 1320. The summed E-state index contributed by atoms with van der Waals surface area (Å²) in [6, 6.07) is -0.884. The lowest BCUT2D eigenvalue weighted by molar-refractivity contribution is -0.870. The minimum atomic E-state index is -4.60. The molecular weight excluding hydrogens is 1020 g/mol. The van der Waals surface area contributed by atoms with Crippen LogP contribution in [-0.2, 0) is 18.4 Å². The lowest BCUT2D eigenvalue weighted by Gasteiger charge is -2.29. The molecule has 0 bridgehead atoms. The first-order chi connectivity index (χ1) is 39.5. The molecule has 0 spiro atoms. The van der Waals surface area contributed by atoms with Crippen LogP contribution in [0.25, 0.3) is 0 Å². The summed E-state index contributed by atoms with van der Waals surface area (Å²) in [6.07, 6.45) is 82.1. The fourth-order valence-corrected chi connectivity index (χ4v) is 12.3. The van der Waals surface area contributed by atoms with E-state index in [1.165, 1.54) is 334 Å². The molecule has 0 aromatic heterocycles. The third-order valence-corrected chi connectivity index (χ3v) is 18.2. The highest BCUT2D eigenvalue weighted by Gasteiger charge is 2.23. The molecule has 0 aliphatic heterocycles. The summed E-state index contributed by atoms with van der Waals surface area (Å²) in [6.45, 7) is 4.72. The van der Waals surface area contributed by atoms with Gasteiger partial charge in [-0.15, -0.1) is 0 Å². The zero-order valence-electron chi connectivity index (χ0n) is 55.5. The van der Waals surface area contributed by atoms with Gasteiger partial charge in [0.2, 0.25) is 5.91 Å². The van der Waals surface area contributed by atoms with E-state index >= 15 is 0 Å². The molecule has 3 atom stereocenters. The second-order valence-corrected chi connectivity index (χ2v) is 28.1. The van der Waals surface area contributed by atoms with Gasteiger partial charge in [-0.05, 0) is 19.3 Å². The number of unbranched alkanes of at least 4 members (excludes halogenated alkanes) is 56. The van der Waals surface area contributed by atoms with E-state index in [9.17, 15) is 19.4 Å². The van der Waals surface area contributed by atoms with E-state index in [0.29, 0.717) is 17.4 Å². The molecule has 0 rings (SSSR count). The molecular formula is C72H145N2O6P. The number of nitrogens with zero attached hydrogens (tertiary/aromatic N) is 1. The minimum absolute atomic E-state index is 0.00301. The Kier molecular flexibility index (Phi) is 63.1. The van der Waals surface area contributed by atoms with Crippen LogP contribution >= 0.6 is 7.82 Å². The highest BCUT2D eigenvalue weighted by molar-refractivity contribution is 7.45. The average Bonchev–Trinajstić information content (AvgIpc) is 3.43. The molecule has 484 valence electrons. The van der Waals surface area contributed by atoms with E-state index in [0.717, 1.165) is 38.5 Å². The molecule has 3 unspecified atom stereocenters. The lowest BCUT2D eigenvalue weighted by Crippen LogP contribution is -2.45. The van der Waals surface area contributed by atoms with Crippen LogP contribution in [0.2, 0.25) is 0 Å². The number of quaternary nitrogens is 1. The average molecular weight is 1170 g/mol. The Labute approximate surface area is 507 Å². The number of phosphoric acid groups is 1. The molecule has 0 radical (unpaired) electrons. The number of rotatable bonds is 69. The van der Waals surface area contributed by atoms with Gasteiger partial charge in [0.05, 0.1) is 39.9 Å². The first kappa shape index (κ1) is 80.2. The molecule has 0 aromatic carbocycles. The third kappa shape index (κ3) is 66.6. The zero-order valence-corrected chi connectivity index (χ0v) is 56.4. The molecule has 0 aromatic rings. The molecule has 0 aliphatic carbocycles. The molecule has 81 heavy (non-hydrogen) atoms. The third-order valence-electron chi connectivity index (χ3n) is 17.2. The number of nitrogens with one attached hydrogen (secondary N) is 1. The maximum Gasteiger partial charge on any atom is 0.268 e. The van der Waals surface area contributed by atoms with Gasteiger partial charge in [0.1, 0.15) is 13.2 Å². The SMILES string of the molecule is CCCCCCCCCCCCCCCCCCCCCCC/C=C/C(O)C(COP(=O)([O-])OCC[N+](C)(C)C)NC(=O)CCCCCCCCCCCCCCCCCCCCCCCCCCCCCCCCCCCCCC. The number of carbonyl (C=O) groups is 1. The van der Waals surface area contributed by atoms with Crippen LogP contribution in [0.5, 0.6) is 0 Å². The molecule has 8 nitrogen and oxygen atoms in total. The maximum atomic E-state index is 13.0. The maximum absolute atomic E-state index is 13.0. The Hall–Kier alpha value is -0.760. The van der Waals surface area contributed by atoms with Gasteiger partial charge in [0.15, 0.2) is 0 Å². The van der Waals surface area contributed by atoms with Crippen molar-refractivity contribution in [1.82, 2.24) is 5.32 Å². The summed E-state index contributed by atoms with van der Waals surface area (Å²) < 4.78 is 23.5. The number of hydrogen-bond donors (Lipinski definition) is 2. The summed E-state index contributed by atoms with van der Waals surface area (Å²) in [5.41, 5.74) is 0. The van der Waals surface area contributed by atoms with Crippen molar-refractivity contribution < 1.29 is 32.9 Å². The number of aliphatic hydroxyl groups excluding tert-OH is 1. The predicted octanol–water partition coefficient (Wildman–Crippen LogP) is 22.7. The van der Waals surface area contributed by atoms with E-state index < -0.39 is 20.0 Å². The quantitative estimate of drug-likeness (QED) is 0.0272. The van der Waals surface area contributed by atoms with Crippen molar-refractivity contribution >= 4 is 13.7 Å². The van der Waals surface area contributed by atoms with Crippen molar-refractivity contribution in [3.63, 3.8) is 0 Å². The summed E-state index contributed by atoms with van der Waals surface area (Å²) in [5, 5.41) is 14.0. The Morgan fingerprint density at radius 1 is 0.420 bits per heavy atom. The lowest BCUT2D eigenvalue weighted by atomic mass is 10.0. The van der Waals surface area contributed by atoms with Crippen molar-refractivity contribution in [2.45, 2.75) is 405 Å². The number of phosphoric ester groups is 1. The molecule has 0 saturated carbocycles. The van der Waals surface area contributed by atoms with Crippen LogP contribution in [0.15, 0.2) is 12.2 Å². The van der Waals surface area contributed by atoms with Gasteiger partial charge in [-0.25, -0.2) is 0 Å². The van der Waals surface area contributed by atoms with E-state index in [-0.39, 0.29) is 19.1 Å². The van der Waals surface area contributed by atoms with Crippen LogP contribution in [0.3, 0.4) is 0 Å². The van der Waals surface area contributed by atoms with Crippen molar-refractivity contribution in [2.75, 3.05) is 40.9 Å². The van der Waals surface area contributed by atoms with Crippen LogP contribution in [-0.4, -0.2) is 68.5 Å². The standard InChI is InChI=1S/C72H145N2O6P/c1-6-8-10-12-14-16-18-20-22-24-26-28-30-31-32-33-34-35-36-37-38-39-40-41-42-44-46-48-50-52-54-56-58-60-62-64-66-72(76)73-70(69-80-81(77,78)79-68-67-74(3,4)5)71(75)65-63-61-59-57-55-53-51-49-47-45-43-29-27-25-23-21-19-17-15-13-11-9-7-2/h63,65,70-71,75H,6-62,64,66-69H2,1-5H3,(H-,73,76,77,78)/b65-63+. The molecule has 0 aliphatic rings. The van der Waals surface area contributed by atoms with Crippen molar-refractivity contribution in [1.29, 1.82) is 0 Å². The molecule has 2 N–H and O–H groups in total. The minimum Gasteiger partial charge on any atom is -0.756 e. The topological polar surface area (TPSA) is 108 Å². The number of hydrogen-bond acceptors (Lipinski definition) is 6. The Balaban J connectivity index is 3.94.